The number of ether oxygens (including phenoxy) is 2. The zero-order valence-corrected chi connectivity index (χ0v) is 10.7. The zero-order chi connectivity index (χ0) is 12.4. The molecule has 1 aromatic rings. The highest BCUT2D eigenvalue weighted by Gasteiger charge is 2.31. The molecule has 1 saturated heterocycles. The first-order valence-electron chi connectivity index (χ1n) is 5.63. The summed E-state index contributed by atoms with van der Waals surface area (Å²) in [5, 5.41) is 0.504. The van der Waals surface area contributed by atoms with E-state index in [9.17, 15) is 4.79 Å². The van der Waals surface area contributed by atoms with Crippen molar-refractivity contribution in [3.63, 3.8) is 0 Å². The van der Waals surface area contributed by atoms with Crippen LogP contribution >= 0.6 is 11.6 Å². The average molecular weight is 255 g/mol. The van der Waals surface area contributed by atoms with E-state index in [0.717, 1.165) is 6.42 Å². The Morgan fingerprint density at radius 2 is 2.29 bits per heavy atom. The molecule has 0 amide bonds. The average Bonchev–Trinajstić information content (AvgIpc) is 2.75. The van der Waals surface area contributed by atoms with Crippen molar-refractivity contribution in [1.29, 1.82) is 0 Å². The molecule has 1 aliphatic heterocycles. The van der Waals surface area contributed by atoms with Crippen molar-refractivity contribution < 1.29 is 14.3 Å². The number of halogens is 1. The summed E-state index contributed by atoms with van der Waals surface area (Å²) in [5.74, 6) is 0.789. The normalized spacial score (nSPS) is 23.7. The van der Waals surface area contributed by atoms with E-state index in [1.54, 1.807) is 18.2 Å². The number of hydrogen-bond donors (Lipinski definition) is 0. The number of methoxy groups -OCH3 is 1. The third-order valence-corrected chi connectivity index (χ3v) is 3.39. The lowest BCUT2D eigenvalue weighted by atomic mass is 9.96. The minimum atomic E-state index is -0.333. The van der Waals surface area contributed by atoms with Gasteiger partial charge in [0.2, 0.25) is 0 Å². The van der Waals surface area contributed by atoms with Gasteiger partial charge in [0.1, 0.15) is 11.9 Å². The highest BCUT2D eigenvalue weighted by atomic mass is 35.5. The number of ketones is 1. The molecule has 17 heavy (non-hydrogen) atoms. The predicted octanol–water partition coefficient (Wildman–Crippen LogP) is 2.96. The van der Waals surface area contributed by atoms with Crippen LogP contribution in [0.2, 0.25) is 5.02 Å². The largest absolute Gasteiger partial charge is 0.495 e. The van der Waals surface area contributed by atoms with E-state index in [0.29, 0.717) is 22.9 Å². The molecule has 0 spiro atoms. The second-order valence-corrected chi connectivity index (χ2v) is 4.68. The molecule has 1 aliphatic rings. The molecule has 0 aromatic heterocycles. The monoisotopic (exact) mass is 254 g/mol. The molecule has 1 fully saturated rings. The molecule has 0 saturated carbocycles. The summed E-state index contributed by atoms with van der Waals surface area (Å²) in [5.41, 5.74) is 0.588. The van der Waals surface area contributed by atoms with Crippen LogP contribution in [0.25, 0.3) is 0 Å². The van der Waals surface area contributed by atoms with Gasteiger partial charge in [0, 0.05) is 12.2 Å². The summed E-state index contributed by atoms with van der Waals surface area (Å²) >= 11 is 5.92. The lowest BCUT2D eigenvalue weighted by Crippen LogP contribution is -2.25. The maximum absolute atomic E-state index is 12.2. The molecule has 1 aromatic carbocycles. The van der Waals surface area contributed by atoms with Gasteiger partial charge in [-0.2, -0.15) is 0 Å². The van der Waals surface area contributed by atoms with E-state index < -0.39 is 0 Å². The van der Waals surface area contributed by atoms with Crippen LogP contribution in [-0.4, -0.2) is 25.6 Å². The van der Waals surface area contributed by atoms with Crippen molar-refractivity contribution in [1.82, 2.24) is 0 Å². The summed E-state index contributed by atoms with van der Waals surface area (Å²) in [6, 6.07) is 5.05. The Kier molecular flexibility index (Phi) is 3.69. The second kappa shape index (κ2) is 5.07. The van der Waals surface area contributed by atoms with Crippen LogP contribution in [-0.2, 0) is 4.74 Å². The van der Waals surface area contributed by atoms with E-state index >= 15 is 0 Å². The SMILES string of the molecule is COc1cc(C(=O)C2OCCC2C)ccc1Cl. The topological polar surface area (TPSA) is 35.5 Å². The van der Waals surface area contributed by atoms with Crippen LogP contribution in [0.15, 0.2) is 18.2 Å². The van der Waals surface area contributed by atoms with Gasteiger partial charge in [-0.1, -0.05) is 18.5 Å². The zero-order valence-electron chi connectivity index (χ0n) is 9.90. The minimum Gasteiger partial charge on any atom is -0.495 e. The number of Topliss-reactive ketones (excluding diaryl/α,β-unsaturated/α-hetero) is 1. The van der Waals surface area contributed by atoms with Crippen molar-refractivity contribution in [3.05, 3.63) is 28.8 Å². The van der Waals surface area contributed by atoms with E-state index in [2.05, 4.69) is 0 Å². The number of carbonyl (C=O) groups excluding carboxylic acids is 1. The first-order valence-corrected chi connectivity index (χ1v) is 6.00. The standard InChI is InChI=1S/C13H15ClO3/c1-8-5-6-17-13(8)12(15)9-3-4-10(14)11(7-9)16-2/h3-4,7-8,13H,5-6H2,1-2H3. The van der Waals surface area contributed by atoms with Gasteiger partial charge in [0.05, 0.1) is 12.1 Å². The third-order valence-electron chi connectivity index (χ3n) is 3.08. The molecule has 1 heterocycles. The Hall–Kier alpha value is -1.06. The molecule has 2 unspecified atom stereocenters. The molecule has 92 valence electrons. The number of carbonyl (C=O) groups is 1. The van der Waals surface area contributed by atoms with Crippen LogP contribution in [0, 0.1) is 5.92 Å². The van der Waals surface area contributed by atoms with Gasteiger partial charge >= 0.3 is 0 Å². The van der Waals surface area contributed by atoms with Crippen LogP contribution in [0.3, 0.4) is 0 Å². The summed E-state index contributed by atoms with van der Waals surface area (Å²) in [4.78, 5) is 12.2. The van der Waals surface area contributed by atoms with Crippen molar-refractivity contribution in [2.75, 3.05) is 13.7 Å². The smallest absolute Gasteiger partial charge is 0.191 e. The van der Waals surface area contributed by atoms with Crippen LogP contribution in [0.4, 0.5) is 0 Å². The summed E-state index contributed by atoms with van der Waals surface area (Å²) in [6.45, 7) is 2.69. The predicted molar refractivity (Wildman–Crippen MR) is 65.9 cm³/mol. The molecule has 3 nitrogen and oxygen atoms in total. The lowest BCUT2D eigenvalue weighted by molar-refractivity contribution is 0.0579. The van der Waals surface area contributed by atoms with E-state index in [-0.39, 0.29) is 17.8 Å². The third kappa shape index (κ3) is 2.45. The molecule has 0 bridgehead atoms. The van der Waals surface area contributed by atoms with Gasteiger partial charge in [-0.3, -0.25) is 4.79 Å². The summed E-state index contributed by atoms with van der Waals surface area (Å²) in [7, 11) is 1.53. The lowest BCUT2D eigenvalue weighted by Gasteiger charge is -2.14. The maximum Gasteiger partial charge on any atom is 0.191 e. The van der Waals surface area contributed by atoms with Crippen LogP contribution < -0.4 is 4.74 Å². The van der Waals surface area contributed by atoms with Gasteiger partial charge in [0.15, 0.2) is 5.78 Å². The number of hydrogen-bond acceptors (Lipinski definition) is 3. The minimum absolute atomic E-state index is 0.00460. The van der Waals surface area contributed by atoms with Gasteiger partial charge in [-0.05, 0) is 30.5 Å². The van der Waals surface area contributed by atoms with Gasteiger partial charge in [-0.15, -0.1) is 0 Å². The molecule has 0 N–H and O–H groups in total. The summed E-state index contributed by atoms with van der Waals surface area (Å²) in [6.07, 6.45) is 0.599. The Labute approximate surface area is 106 Å². The molecule has 2 rings (SSSR count). The van der Waals surface area contributed by atoms with E-state index in [1.807, 2.05) is 6.92 Å². The highest BCUT2D eigenvalue weighted by molar-refractivity contribution is 6.32. The Bertz CT molecular complexity index is 431. The second-order valence-electron chi connectivity index (χ2n) is 4.27. The van der Waals surface area contributed by atoms with Crippen molar-refractivity contribution in [2.45, 2.75) is 19.4 Å². The number of benzene rings is 1. The fraction of sp³-hybridized carbons (Fsp3) is 0.462. The van der Waals surface area contributed by atoms with Crippen molar-refractivity contribution in [3.8, 4) is 5.75 Å². The van der Waals surface area contributed by atoms with Crippen molar-refractivity contribution >= 4 is 17.4 Å². The first-order chi connectivity index (χ1) is 8.13. The molecule has 0 radical (unpaired) electrons. The molecular weight excluding hydrogens is 240 g/mol. The van der Waals surface area contributed by atoms with Gasteiger partial charge in [-0.25, -0.2) is 0 Å². The van der Waals surface area contributed by atoms with E-state index in [4.69, 9.17) is 21.1 Å². The maximum atomic E-state index is 12.2. The van der Waals surface area contributed by atoms with Gasteiger partial charge in [0.25, 0.3) is 0 Å². The highest BCUT2D eigenvalue weighted by Crippen LogP contribution is 2.28. The summed E-state index contributed by atoms with van der Waals surface area (Å²) < 4.78 is 10.6. The molecule has 2 atom stereocenters. The van der Waals surface area contributed by atoms with Crippen molar-refractivity contribution in [2.24, 2.45) is 5.92 Å². The van der Waals surface area contributed by atoms with Gasteiger partial charge < -0.3 is 9.47 Å². The Morgan fingerprint density at radius 1 is 1.53 bits per heavy atom. The quantitative estimate of drug-likeness (QED) is 0.778. The fourth-order valence-corrected chi connectivity index (χ4v) is 2.20. The number of rotatable bonds is 3. The van der Waals surface area contributed by atoms with Crippen LogP contribution in [0.5, 0.6) is 5.75 Å². The molecular formula is C13H15ClO3. The Balaban J connectivity index is 2.24. The fourth-order valence-electron chi connectivity index (χ4n) is 2.01. The Morgan fingerprint density at radius 3 is 2.88 bits per heavy atom. The first kappa shape index (κ1) is 12.4. The molecule has 4 heteroatoms. The van der Waals surface area contributed by atoms with Crippen LogP contribution in [0.1, 0.15) is 23.7 Å². The molecule has 0 aliphatic carbocycles. The van der Waals surface area contributed by atoms with E-state index in [1.165, 1.54) is 7.11 Å².